The maximum Gasteiger partial charge on any atom is 0.0493 e. The molecule has 0 N–H and O–H groups in total. The molecule has 0 aliphatic carbocycles. The van der Waals surface area contributed by atoms with Crippen LogP contribution in [0.2, 0.25) is 0 Å². The van der Waals surface area contributed by atoms with E-state index >= 15 is 0 Å². The van der Waals surface area contributed by atoms with Crippen molar-refractivity contribution in [3.63, 3.8) is 0 Å². The molecule has 19 heavy (non-hydrogen) atoms. The molecule has 0 saturated heterocycles. The molecule has 4 rings (SSSR count). The van der Waals surface area contributed by atoms with Crippen molar-refractivity contribution in [3.8, 4) is 5.69 Å². The maximum absolute atomic E-state index is 4.24. The van der Waals surface area contributed by atoms with E-state index in [4.69, 9.17) is 0 Å². The zero-order valence-corrected chi connectivity index (χ0v) is 13.0. The molecular weight excluding hydrogens is 432 g/mol. The Morgan fingerprint density at radius 2 is 1.95 bits per heavy atom. The summed E-state index contributed by atoms with van der Waals surface area (Å²) in [4.78, 5) is 0. The van der Waals surface area contributed by atoms with Crippen LogP contribution in [0.1, 0.15) is 0 Å². The molecule has 2 nitrogen and oxygen atoms in total. The minimum Gasteiger partial charge on any atom is -0.266 e. The van der Waals surface area contributed by atoms with Gasteiger partial charge in [0.1, 0.15) is 0 Å². The first kappa shape index (κ1) is 12.5. The minimum absolute atomic E-state index is 0. The fourth-order valence-electron chi connectivity index (χ4n) is 2.20. The number of thiophene rings is 1. The van der Waals surface area contributed by atoms with Gasteiger partial charge in [-0.3, -0.25) is 4.68 Å². The number of hydrogen-bond acceptors (Lipinski definition) is 2. The number of hydrogen-bond donors (Lipinski definition) is 0. The summed E-state index contributed by atoms with van der Waals surface area (Å²) in [6, 6.07) is 17.9. The molecule has 2 aromatic carbocycles. The van der Waals surface area contributed by atoms with Crippen LogP contribution in [0.25, 0.3) is 25.9 Å². The van der Waals surface area contributed by atoms with Gasteiger partial charge in [0.2, 0.25) is 0 Å². The van der Waals surface area contributed by atoms with E-state index in [9.17, 15) is 0 Å². The second-order valence-corrected chi connectivity index (χ2v) is 5.23. The van der Waals surface area contributed by atoms with Crippen LogP contribution in [-0.2, 0) is 20.1 Å². The molecule has 0 amide bonds. The van der Waals surface area contributed by atoms with Crippen molar-refractivity contribution in [3.05, 3.63) is 60.9 Å². The molecule has 4 heteroatoms. The summed E-state index contributed by atoms with van der Waals surface area (Å²) in [5.41, 5.74) is 0.985. The maximum atomic E-state index is 4.24. The van der Waals surface area contributed by atoms with E-state index in [0.717, 1.165) is 5.69 Å². The van der Waals surface area contributed by atoms with Crippen molar-refractivity contribution in [2.45, 2.75) is 0 Å². The molecule has 2 heterocycles. The van der Waals surface area contributed by atoms with Crippen molar-refractivity contribution < 1.29 is 20.1 Å². The first-order valence-corrected chi connectivity index (χ1v) is 6.56. The molecule has 0 aliphatic rings. The van der Waals surface area contributed by atoms with E-state index in [1.54, 1.807) is 6.20 Å². The van der Waals surface area contributed by atoms with E-state index < -0.39 is 0 Å². The van der Waals surface area contributed by atoms with Crippen molar-refractivity contribution in [2.75, 3.05) is 0 Å². The molecule has 0 saturated carbocycles. The molecule has 0 aliphatic heterocycles. The van der Waals surface area contributed by atoms with Gasteiger partial charge in [0.05, 0.1) is 0 Å². The third-order valence-corrected chi connectivity index (χ3v) is 4.18. The number of aromatic nitrogens is 2. The summed E-state index contributed by atoms with van der Waals surface area (Å²) in [6.07, 6.45) is 3.72. The van der Waals surface area contributed by atoms with Gasteiger partial charge in [-0.1, -0.05) is 28.3 Å². The number of fused-ring (bicyclic) bond motifs is 3. The Balaban J connectivity index is 0.00000110. The molecule has 0 bridgehead atoms. The summed E-state index contributed by atoms with van der Waals surface area (Å²) in [7, 11) is 0. The second kappa shape index (κ2) is 4.89. The van der Waals surface area contributed by atoms with E-state index in [1.807, 2.05) is 28.3 Å². The summed E-state index contributed by atoms with van der Waals surface area (Å²) in [5, 5.41) is 6.81. The first-order chi connectivity index (χ1) is 8.92. The van der Waals surface area contributed by atoms with Crippen LogP contribution in [-0.4, -0.2) is 9.78 Å². The Morgan fingerprint density at radius 1 is 1.05 bits per heavy atom. The zero-order chi connectivity index (χ0) is 11.9. The van der Waals surface area contributed by atoms with E-state index in [1.165, 1.54) is 20.2 Å². The van der Waals surface area contributed by atoms with Gasteiger partial charge in [0, 0.05) is 37.2 Å². The SMILES string of the molecule is [Ir].[c-]1cc2c(cc1-n1cccn1)sc1ccccc12. The van der Waals surface area contributed by atoms with Crippen LogP contribution in [0.15, 0.2) is 54.9 Å². The number of nitrogens with zero attached hydrogens (tertiary/aromatic N) is 2. The van der Waals surface area contributed by atoms with E-state index in [0.29, 0.717) is 0 Å². The quantitative estimate of drug-likeness (QED) is 0.408. The first-order valence-electron chi connectivity index (χ1n) is 5.75. The monoisotopic (exact) mass is 442 g/mol. The Bertz CT molecular complexity index is 834. The van der Waals surface area contributed by atoms with Crippen LogP contribution in [0.3, 0.4) is 0 Å². The fourth-order valence-corrected chi connectivity index (χ4v) is 3.32. The summed E-state index contributed by atoms with van der Waals surface area (Å²) < 4.78 is 4.43. The van der Waals surface area contributed by atoms with Gasteiger partial charge in [-0.25, -0.2) is 0 Å². The van der Waals surface area contributed by atoms with Crippen LogP contribution in [0.5, 0.6) is 0 Å². The summed E-state index contributed by atoms with van der Waals surface area (Å²) in [6.45, 7) is 0. The van der Waals surface area contributed by atoms with Gasteiger partial charge in [-0.05, 0) is 17.8 Å². The molecule has 0 unspecified atom stereocenters. The summed E-state index contributed by atoms with van der Waals surface area (Å²) in [5.74, 6) is 0. The predicted molar refractivity (Wildman–Crippen MR) is 75.3 cm³/mol. The van der Waals surface area contributed by atoms with Crippen molar-refractivity contribution in [2.24, 2.45) is 0 Å². The average molecular weight is 442 g/mol. The van der Waals surface area contributed by atoms with E-state index in [2.05, 4.69) is 47.6 Å². The van der Waals surface area contributed by atoms with Gasteiger partial charge in [0.25, 0.3) is 0 Å². The van der Waals surface area contributed by atoms with Gasteiger partial charge < -0.3 is 0 Å². The Labute approximate surface area is 128 Å². The predicted octanol–water partition coefficient (Wildman–Crippen LogP) is 4.04. The molecular formula is C15H9IrN2S-. The molecule has 0 fully saturated rings. The van der Waals surface area contributed by atoms with Crippen LogP contribution in [0.4, 0.5) is 0 Å². The third-order valence-electron chi connectivity index (χ3n) is 3.05. The average Bonchev–Trinajstić information content (AvgIpc) is 3.05. The Hall–Kier alpha value is -1.48. The Kier molecular flexibility index (Phi) is 3.23. The Morgan fingerprint density at radius 3 is 2.79 bits per heavy atom. The largest absolute Gasteiger partial charge is 0.266 e. The molecule has 1 radical (unpaired) electrons. The van der Waals surface area contributed by atoms with Crippen LogP contribution >= 0.6 is 11.3 Å². The summed E-state index contributed by atoms with van der Waals surface area (Å²) >= 11 is 1.81. The fraction of sp³-hybridized carbons (Fsp3) is 0. The van der Waals surface area contributed by atoms with Crippen molar-refractivity contribution in [1.82, 2.24) is 9.78 Å². The van der Waals surface area contributed by atoms with E-state index in [-0.39, 0.29) is 20.1 Å². The standard InChI is InChI=1S/C15H9N2S.Ir/c1-2-5-14-12(4-1)13-7-6-11(10-15(13)18-14)17-9-3-8-16-17;/h1-5,7-10H;/q-1;. The molecule has 95 valence electrons. The number of benzene rings is 2. The van der Waals surface area contributed by atoms with Crippen LogP contribution in [0, 0.1) is 6.07 Å². The third kappa shape index (κ3) is 2.02. The minimum atomic E-state index is 0. The van der Waals surface area contributed by atoms with Crippen molar-refractivity contribution in [1.29, 1.82) is 0 Å². The number of rotatable bonds is 1. The van der Waals surface area contributed by atoms with Gasteiger partial charge in [-0.15, -0.1) is 11.5 Å². The zero-order valence-electron chi connectivity index (χ0n) is 9.83. The molecule has 2 aromatic heterocycles. The topological polar surface area (TPSA) is 17.8 Å². The van der Waals surface area contributed by atoms with Gasteiger partial charge in [0.15, 0.2) is 0 Å². The molecule has 4 aromatic rings. The van der Waals surface area contributed by atoms with Gasteiger partial charge >= 0.3 is 0 Å². The van der Waals surface area contributed by atoms with Crippen LogP contribution < -0.4 is 0 Å². The molecule has 0 spiro atoms. The van der Waals surface area contributed by atoms with Crippen molar-refractivity contribution >= 4 is 31.5 Å². The normalized spacial score (nSPS) is 10.7. The molecule has 0 atom stereocenters. The van der Waals surface area contributed by atoms with Gasteiger partial charge in [-0.2, -0.15) is 28.6 Å². The second-order valence-electron chi connectivity index (χ2n) is 4.15. The smallest absolute Gasteiger partial charge is 0.0493 e.